The lowest BCUT2D eigenvalue weighted by atomic mass is 10.0. The van der Waals surface area contributed by atoms with Gasteiger partial charge in [0.25, 0.3) is 0 Å². The van der Waals surface area contributed by atoms with Crippen LogP contribution in [-0.4, -0.2) is 60.1 Å². The van der Waals surface area contributed by atoms with Gasteiger partial charge in [0.15, 0.2) is 0 Å². The second kappa shape index (κ2) is 10.5. The van der Waals surface area contributed by atoms with Gasteiger partial charge in [-0.25, -0.2) is 9.37 Å². The average Bonchev–Trinajstić information content (AvgIpc) is 3.18. The minimum atomic E-state index is -0.283. The Morgan fingerprint density at radius 2 is 1.84 bits per heavy atom. The number of benzene rings is 2. The van der Waals surface area contributed by atoms with Crippen LogP contribution in [0.4, 0.5) is 10.1 Å². The molecule has 1 saturated heterocycles. The molecule has 4 rings (SSSR count). The Labute approximate surface area is 192 Å². The van der Waals surface area contributed by atoms with Crippen molar-refractivity contribution in [2.24, 2.45) is 0 Å². The van der Waals surface area contributed by atoms with E-state index in [0.717, 1.165) is 54.3 Å². The number of amides is 1. The summed E-state index contributed by atoms with van der Waals surface area (Å²) in [6, 6.07) is 12.0. The van der Waals surface area contributed by atoms with E-state index in [-0.39, 0.29) is 5.82 Å². The van der Waals surface area contributed by atoms with Crippen molar-refractivity contribution >= 4 is 29.1 Å². The van der Waals surface area contributed by atoms with Crippen molar-refractivity contribution in [1.29, 1.82) is 5.41 Å². The van der Waals surface area contributed by atoms with E-state index in [1.54, 1.807) is 11.0 Å². The molecule has 8 heteroatoms. The molecule has 6 nitrogen and oxygen atoms in total. The molecule has 0 bridgehead atoms. The molecule has 168 valence electrons. The number of nitrogens with zero attached hydrogens (tertiary/aromatic N) is 3. The van der Waals surface area contributed by atoms with E-state index in [0.29, 0.717) is 22.0 Å². The summed E-state index contributed by atoms with van der Waals surface area (Å²) < 4.78 is 13.4. The van der Waals surface area contributed by atoms with Gasteiger partial charge >= 0.3 is 0 Å². The SMILES string of the molecule is CN1CCN(C=O)CC1.Cc1cccc(C(=N)c2nc(C)c(-c3cccc(F)c3)s2)c1N. The standard InChI is InChI=1S/C18H16FN3S.C6H12N2O/c1-10-5-3-8-14(15(10)20)16(21)18-22-11(2)17(23-18)12-6-4-7-13(19)9-12;1-7-2-4-8(6-9)5-3-7/h3-9,21H,20H2,1-2H3;6H,2-5H2,1H3. The predicted molar refractivity (Wildman–Crippen MR) is 129 cm³/mol. The number of nitrogens with one attached hydrogen (secondary N) is 1. The maximum absolute atomic E-state index is 13.4. The molecule has 0 radical (unpaired) electrons. The number of carbonyl (C=O) groups excluding carboxylic acids is 1. The van der Waals surface area contributed by atoms with E-state index in [1.807, 2.05) is 38.1 Å². The molecule has 3 N–H and O–H groups in total. The minimum absolute atomic E-state index is 0.283. The maximum atomic E-state index is 13.4. The Morgan fingerprint density at radius 1 is 1.16 bits per heavy atom. The highest BCUT2D eigenvalue weighted by Crippen LogP contribution is 2.32. The number of nitrogen functional groups attached to an aromatic ring is 1. The summed E-state index contributed by atoms with van der Waals surface area (Å²) in [6.07, 6.45) is 0.924. The third-order valence-electron chi connectivity index (χ3n) is 5.38. The number of para-hydroxylation sites is 1. The van der Waals surface area contributed by atoms with Crippen LogP contribution in [0.1, 0.15) is 21.8 Å². The van der Waals surface area contributed by atoms with Crippen molar-refractivity contribution in [3.05, 3.63) is 70.1 Å². The number of nitrogens with two attached hydrogens (primary N) is 1. The first kappa shape index (κ1) is 23.6. The molecule has 1 fully saturated rings. The van der Waals surface area contributed by atoms with Crippen LogP contribution in [0.3, 0.4) is 0 Å². The zero-order chi connectivity index (χ0) is 23.3. The average molecular weight is 454 g/mol. The molecule has 0 spiro atoms. The van der Waals surface area contributed by atoms with Gasteiger partial charge in [-0.3, -0.25) is 10.2 Å². The van der Waals surface area contributed by atoms with Crippen LogP contribution in [0.15, 0.2) is 42.5 Å². The monoisotopic (exact) mass is 453 g/mol. The lowest BCUT2D eigenvalue weighted by Crippen LogP contribution is -2.43. The Balaban J connectivity index is 0.000000269. The summed E-state index contributed by atoms with van der Waals surface area (Å²) >= 11 is 1.38. The molecule has 0 atom stereocenters. The van der Waals surface area contributed by atoms with E-state index < -0.39 is 0 Å². The van der Waals surface area contributed by atoms with Gasteiger partial charge in [-0.1, -0.05) is 30.3 Å². The van der Waals surface area contributed by atoms with Crippen molar-refractivity contribution in [2.45, 2.75) is 13.8 Å². The largest absolute Gasteiger partial charge is 0.398 e. The van der Waals surface area contributed by atoms with Gasteiger partial charge in [0.1, 0.15) is 10.8 Å². The second-order valence-corrected chi connectivity index (χ2v) is 8.80. The first-order chi connectivity index (χ1) is 15.3. The summed E-state index contributed by atoms with van der Waals surface area (Å²) in [4.78, 5) is 19.6. The number of rotatable bonds is 4. The van der Waals surface area contributed by atoms with Crippen molar-refractivity contribution in [2.75, 3.05) is 39.0 Å². The Morgan fingerprint density at radius 3 is 2.50 bits per heavy atom. The van der Waals surface area contributed by atoms with E-state index in [9.17, 15) is 9.18 Å². The molecule has 1 amide bonds. The number of halogens is 1. The first-order valence-electron chi connectivity index (χ1n) is 10.4. The Hall–Kier alpha value is -3.10. The number of carbonyl (C=O) groups is 1. The summed E-state index contributed by atoms with van der Waals surface area (Å²) in [5.74, 6) is -0.283. The molecule has 2 aromatic carbocycles. The molecular weight excluding hydrogens is 425 g/mol. The Kier molecular flexibility index (Phi) is 7.71. The van der Waals surface area contributed by atoms with Crippen LogP contribution in [-0.2, 0) is 4.79 Å². The van der Waals surface area contributed by atoms with Gasteiger partial charge in [-0.15, -0.1) is 11.3 Å². The van der Waals surface area contributed by atoms with Crippen LogP contribution in [0, 0.1) is 25.1 Å². The topological polar surface area (TPSA) is 86.3 Å². The molecule has 0 aliphatic carbocycles. The number of aryl methyl sites for hydroxylation is 2. The van der Waals surface area contributed by atoms with E-state index in [4.69, 9.17) is 11.1 Å². The van der Waals surface area contributed by atoms with Gasteiger partial charge < -0.3 is 15.5 Å². The van der Waals surface area contributed by atoms with Gasteiger partial charge in [-0.2, -0.15) is 0 Å². The van der Waals surface area contributed by atoms with Crippen molar-refractivity contribution < 1.29 is 9.18 Å². The molecule has 2 heterocycles. The highest BCUT2D eigenvalue weighted by Gasteiger charge is 2.17. The van der Waals surface area contributed by atoms with Crippen molar-refractivity contribution in [1.82, 2.24) is 14.8 Å². The Bertz CT molecular complexity index is 1110. The zero-order valence-corrected chi connectivity index (χ0v) is 19.4. The van der Waals surface area contributed by atoms with Crippen LogP contribution in [0.2, 0.25) is 0 Å². The third-order valence-corrected chi connectivity index (χ3v) is 6.60. The fourth-order valence-corrected chi connectivity index (χ4v) is 4.37. The number of anilines is 1. The maximum Gasteiger partial charge on any atom is 0.209 e. The molecule has 32 heavy (non-hydrogen) atoms. The van der Waals surface area contributed by atoms with E-state index in [1.165, 1.54) is 23.5 Å². The number of hydrogen-bond acceptors (Lipinski definition) is 6. The fourth-order valence-electron chi connectivity index (χ4n) is 3.34. The van der Waals surface area contributed by atoms with Crippen LogP contribution in [0.5, 0.6) is 0 Å². The highest BCUT2D eigenvalue weighted by atomic mass is 32.1. The molecule has 1 aliphatic rings. The summed E-state index contributed by atoms with van der Waals surface area (Å²) in [5.41, 5.74) is 10.1. The quantitative estimate of drug-likeness (QED) is 0.356. The lowest BCUT2D eigenvalue weighted by molar-refractivity contribution is -0.119. The number of thiazole rings is 1. The first-order valence-corrected chi connectivity index (χ1v) is 11.2. The number of aromatic nitrogens is 1. The van der Waals surface area contributed by atoms with Crippen LogP contribution >= 0.6 is 11.3 Å². The number of likely N-dealkylation sites (N-methyl/N-ethyl adjacent to an activating group) is 1. The number of piperazine rings is 1. The predicted octanol–water partition coefficient (Wildman–Crippen LogP) is 3.95. The van der Waals surface area contributed by atoms with E-state index in [2.05, 4.69) is 16.9 Å². The van der Waals surface area contributed by atoms with Crippen molar-refractivity contribution in [3.63, 3.8) is 0 Å². The summed E-state index contributed by atoms with van der Waals surface area (Å²) in [6.45, 7) is 7.59. The normalized spacial score (nSPS) is 13.9. The highest BCUT2D eigenvalue weighted by molar-refractivity contribution is 7.17. The third kappa shape index (κ3) is 5.57. The van der Waals surface area contributed by atoms with Gasteiger partial charge in [0, 0.05) is 37.4 Å². The molecular formula is C24H28FN5OS. The van der Waals surface area contributed by atoms with Gasteiger partial charge in [-0.05, 0) is 44.2 Å². The molecule has 0 saturated carbocycles. The summed E-state index contributed by atoms with van der Waals surface area (Å²) in [5, 5.41) is 9.00. The molecule has 1 aromatic heterocycles. The summed E-state index contributed by atoms with van der Waals surface area (Å²) in [7, 11) is 2.07. The van der Waals surface area contributed by atoms with E-state index >= 15 is 0 Å². The van der Waals surface area contributed by atoms with Crippen molar-refractivity contribution in [3.8, 4) is 10.4 Å². The fraction of sp³-hybridized carbons (Fsp3) is 0.292. The molecule has 1 aliphatic heterocycles. The zero-order valence-electron chi connectivity index (χ0n) is 18.6. The second-order valence-electron chi connectivity index (χ2n) is 7.80. The van der Waals surface area contributed by atoms with Crippen LogP contribution < -0.4 is 5.73 Å². The molecule has 0 unspecified atom stereocenters. The minimum Gasteiger partial charge on any atom is -0.398 e. The molecule has 3 aromatic rings. The smallest absolute Gasteiger partial charge is 0.209 e. The van der Waals surface area contributed by atoms with Gasteiger partial charge in [0.05, 0.1) is 16.3 Å². The number of hydrogen-bond donors (Lipinski definition) is 2. The van der Waals surface area contributed by atoms with Crippen LogP contribution in [0.25, 0.3) is 10.4 Å². The van der Waals surface area contributed by atoms with Gasteiger partial charge in [0.2, 0.25) is 6.41 Å². The lowest BCUT2D eigenvalue weighted by Gasteiger charge is -2.29.